The average molecular weight is 353 g/mol. The molecule has 0 aliphatic rings. The lowest BCUT2D eigenvalue weighted by Gasteiger charge is -2.04. The number of H-pyrrole nitrogens is 1. The van der Waals surface area contributed by atoms with Gasteiger partial charge in [0.2, 0.25) is 5.91 Å². The summed E-state index contributed by atoms with van der Waals surface area (Å²) < 4.78 is 0. The molecule has 0 unspecified atom stereocenters. The lowest BCUT2D eigenvalue weighted by molar-refractivity contribution is -0.113. The molecule has 8 heteroatoms. The first-order chi connectivity index (χ1) is 10.6. The molecule has 3 aromatic rings. The fourth-order valence-corrected chi connectivity index (χ4v) is 2.85. The molecule has 0 fully saturated rings. The van der Waals surface area contributed by atoms with Crippen LogP contribution >= 0.6 is 35.0 Å². The van der Waals surface area contributed by atoms with Crippen molar-refractivity contribution in [2.45, 2.75) is 5.16 Å². The van der Waals surface area contributed by atoms with Crippen molar-refractivity contribution in [3.63, 3.8) is 0 Å². The Labute approximate surface area is 140 Å². The maximum atomic E-state index is 11.9. The van der Waals surface area contributed by atoms with E-state index >= 15 is 0 Å². The van der Waals surface area contributed by atoms with Crippen molar-refractivity contribution in [2.75, 3.05) is 11.1 Å². The Morgan fingerprint density at radius 2 is 2.18 bits per heavy atom. The Bertz CT molecular complexity index is 837. The summed E-state index contributed by atoms with van der Waals surface area (Å²) in [6.45, 7) is 0. The van der Waals surface area contributed by atoms with Crippen molar-refractivity contribution in [2.24, 2.45) is 0 Å². The summed E-state index contributed by atoms with van der Waals surface area (Å²) in [4.78, 5) is 23.3. The maximum absolute atomic E-state index is 11.9. The number of amides is 1. The third-order valence-corrected chi connectivity index (χ3v) is 4.20. The first-order valence-corrected chi connectivity index (χ1v) is 8.04. The zero-order chi connectivity index (χ0) is 15.5. The van der Waals surface area contributed by atoms with E-state index in [-0.39, 0.29) is 16.8 Å². The van der Waals surface area contributed by atoms with Crippen molar-refractivity contribution in [3.8, 4) is 0 Å². The van der Waals surface area contributed by atoms with E-state index in [2.05, 4.69) is 20.3 Å². The molecule has 2 N–H and O–H groups in total. The van der Waals surface area contributed by atoms with Gasteiger partial charge in [-0.3, -0.25) is 4.79 Å². The molecule has 22 heavy (non-hydrogen) atoms. The number of hydrogen-bond donors (Lipinski definition) is 2. The van der Waals surface area contributed by atoms with E-state index in [9.17, 15) is 4.79 Å². The topological polar surface area (TPSA) is 70.7 Å². The minimum Gasteiger partial charge on any atom is -0.333 e. The number of rotatable bonds is 4. The Hall–Kier alpha value is -1.76. The number of nitrogens with zero attached hydrogens (tertiary/aromatic N) is 2. The van der Waals surface area contributed by atoms with E-state index in [4.69, 9.17) is 23.2 Å². The largest absolute Gasteiger partial charge is 0.333 e. The molecular formula is C14H10Cl2N4OS. The third-order valence-electron chi connectivity index (χ3n) is 2.80. The predicted molar refractivity (Wildman–Crippen MR) is 89.7 cm³/mol. The number of carbonyl (C=O) groups excluding carboxylic acids is 1. The van der Waals surface area contributed by atoms with E-state index in [1.165, 1.54) is 11.8 Å². The highest BCUT2D eigenvalue weighted by molar-refractivity contribution is 7.99. The molecule has 0 bridgehead atoms. The summed E-state index contributed by atoms with van der Waals surface area (Å²) in [6.07, 6.45) is 1.56. The molecule has 0 aliphatic carbocycles. The van der Waals surface area contributed by atoms with Crippen molar-refractivity contribution >= 4 is 57.6 Å². The monoisotopic (exact) mass is 352 g/mol. The van der Waals surface area contributed by atoms with Gasteiger partial charge in [-0.2, -0.15) is 0 Å². The second kappa shape index (κ2) is 6.56. The van der Waals surface area contributed by atoms with Crippen molar-refractivity contribution in [1.82, 2.24) is 15.0 Å². The molecule has 2 heterocycles. The van der Waals surface area contributed by atoms with Gasteiger partial charge in [0.05, 0.1) is 22.5 Å². The number of thioether (sulfide) groups is 1. The van der Waals surface area contributed by atoms with Crippen LogP contribution in [-0.4, -0.2) is 26.6 Å². The van der Waals surface area contributed by atoms with Crippen LogP contribution in [0.4, 0.5) is 5.69 Å². The summed E-state index contributed by atoms with van der Waals surface area (Å²) in [7, 11) is 0. The normalized spacial score (nSPS) is 10.8. The van der Waals surface area contributed by atoms with E-state index in [1.54, 1.807) is 30.5 Å². The smallest absolute Gasteiger partial charge is 0.234 e. The Balaban J connectivity index is 1.63. The molecule has 5 nitrogen and oxygen atoms in total. The Kier molecular flexibility index (Phi) is 4.52. The van der Waals surface area contributed by atoms with Gasteiger partial charge in [-0.15, -0.1) is 0 Å². The molecule has 0 atom stereocenters. The summed E-state index contributed by atoms with van der Waals surface area (Å²) in [6, 6.07) is 8.80. The van der Waals surface area contributed by atoms with Crippen LogP contribution in [-0.2, 0) is 4.79 Å². The van der Waals surface area contributed by atoms with Gasteiger partial charge in [-0.1, -0.05) is 35.0 Å². The van der Waals surface area contributed by atoms with Gasteiger partial charge in [-0.25, -0.2) is 9.97 Å². The number of fused-ring (bicyclic) bond motifs is 1. The number of carbonyl (C=O) groups is 1. The van der Waals surface area contributed by atoms with Crippen molar-refractivity contribution in [1.29, 1.82) is 0 Å². The van der Waals surface area contributed by atoms with Gasteiger partial charge >= 0.3 is 0 Å². The molecular weight excluding hydrogens is 343 g/mol. The molecule has 1 amide bonds. The number of nitrogens with one attached hydrogen (secondary N) is 2. The molecule has 0 saturated carbocycles. The van der Waals surface area contributed by atoms with Gasteiger partial charge in [-0.05, 0) is 30.3 Å². The minimum absolute atomic E-state index is 0.182. The summed E-state index contributed by atoms with van der Waals surface area (Å²) >= 11 is 13.1. The zero-order valence-electron chi connectivity index (χ0n) is 11.1. The summed E-state index contributed by atoms with van der Waals surface area (Å²) in [5, 5.41) is 4.26. The summed E-state index contributed by atoms with van der Waals surface area (Å²) in [5.74, 6) is 0.0251. The van der Waals surface area contributed by atoms with Gasteiger partial charge in [0.1, 0.15) is 0 Å². The van der Waals surface area contributed by atoms with Gasteiger partial charge in [0, 0.05) is 11.2 Å². The minimum atomic E-state index is -0.182. The number of anilines is 1. The van der Waals surface area contributed by atoms with E-state index in [0.717, 1.165) is 11.0 Å². The highest BCUT2D eigenvalue weighted by Crippen LogP contribution is 2.23. The van der Waals surface area contributed by atoms with Crippen LogP contribution < -0.4 is 5.32 Å². The molecule has 0 saturated heterocycles. The second-order valence-electron chi connectivity index (χ2n) is 4.38. The number of aromatic nitrogens is 3. The second-order valence-corrected chi connectivity index (χ2v) is 6.14. The van der Waals surface area contributed by atoms with Crippen LogP contribution in [0.5, 0.6) is 0 Å². The fourth-order valence-electron chi connectivity index (χ4n) is 1.83. The van der Waals surface area contributed by atoms with Gasteiger partial charge in [0.25, 0.3) is 0 Å². The van der Waals surface area contributed by atoms with E-state index in [0.29, 0.717) is 15.9 Å². The SMILES string of the molecule is O=C(CSc1nc2ccc(Cl)cc2[nH]1)Nc1cccnc1Cl. The lowest BCUT2D eigenvalue weighted by Crippen LogP contribution is -2.14. The van der Waals surface area contributed by atoms with Crippen LogP contribution in [0.15, 0.2) is 41.7 Å². The van der Waals surface area contributed by atoms with Crippen molar-refractivity contribution in [3.05, 3.63) is 46.7 Å². The average Bonchev–Trinajstić information content (AvgIpc) is 2.89. The summed E-state index contributed by atoms with van der Waals surface area (Å²) in [5.41, 5.74) is 2.14. The molecule has 0 spiro atoms. The molecule has 0 radical (unpaired) electrons. The number of aromatic amines is 1. The number of pyridine rings is 1. The quantitative estimate of drug-likeness (QED) is 0.550. The predicted octanol–water partition coefficient (Wildman–Crippen LogP) is 4.00. The molecule has 3 rings (SSSR count). The molecule has 1 aromatic carbocycles. The molecule has 2 aromatic heterocycles. The van der Waals surface area contributed by atoms with E-state index in [1.807, 2.05) is 6.07 Å². The number of imidazole rings is 1. The van der Waals surface area contributed by atoms with Gasteiger partial charge < -0.3 is 10.3 Å². The zero-order valence-corrected chi connectivity index (χ0v) is 13.5. The third kappa shape index (κ3) is 3.52. The fraction of sp³-hybridized carbons (Fsp3) is 0.0714. The van der Waals surface area contributed by atoms with Gasteiger partial charge in [0.15, 0.2) is 10.3 Å². The number of halogens is 2. The highest BCUT2D eigenvalue weighted by Gasteiger charge is 2.09. The Morgan fingerprint density at radius 1 is 1.32 bits per heavy atom. The van der Waals surface area contributed by atoms with Crippen LogP contribution in [0.25, 0.3) is 11.0 Å². The standard InChI is InChI=1S/C14H10Cl2N4OS/c15-8-3-4-9-11(6-8)20-14(19-9)22-7-12(21)18-10-2-1-5-17-13(10)16/h1-6H,7H2,(H,18,21)(H,19,20). The molecule has 112 valence electrons. The number of hydrogen-bond acceptors (Lipinski definition) is 4. The van der Waals surface area contributed by atoms with Crippen LogP contribution in [0, 0.1) is 0 Å². The first-order valence-electron chi connectivity index (χ1n) is 6.30. The highest BCUT2D eigenvalue weighted by atomic mass is 35.5. The first kappa shape index (κ1) is 15.1. The van der Waals surface area contributed by atoms with Crippen molar-refractivity contribution < 1.29 is 4.79 Å². The Morgan fingerprint density at radius 3 is 3.00 bits per heavy atom. The van der Waals surface area contributed by atoms with Crippen LogP contribution in [0.3, 0.4) is 0 Å². The number of benzene rings is 1. The van der Waals surface area contributed by atoms with Crippen LogP contribution in [0.1, 0.15) is 0 Å². The van der Waals surface area contributed by atoms with E-state index < -0.39 is 0 Å². The lowest BCUT2D eigenvalue weighted by atomic mass is 10.3. The van der Waals surface area contributed by atoms with Crippen LogP contribution in [0.2, 0.25) is 10.2 Å². The molecule has 0 aliphatic heterocycles. The maximum Gasteiger partial charge on any atom is 0.234 e.